The minimum absolute atomic E-state index is 0.149. The highest BCUT2D eigenvalue weighted by molar-refractivity contribution is 9.10. The molecule has 20 heavy (non-hydrogen) atoms. The van der Waals surface area contributed by atoms with Gasteiger partial charge in [0, 0.05) is 17.6 Å². The van der Waals surface area contributed by atoms with Crippen molar-refractivity contribution in [1.29, 1.82) is 0 Å². The topological polar surface area (TPSA) is 69.6 Å². The van der Waals surface area contributed by atoms with Crippen molar-refractivity contribution in [2.24, 2.45) is 5.92 Å². The number of likely N-dealkylation sites (tertiary alicyclic amines) is 1. The molecule has 0 aromatic heterocycles. The average molecular weight is 341 g/mol. The fourth-order valence-electron chi connectivity index (χ4n) is 2.30. The predicted octanol–water partition coefficient (Wildman–Crippen LogP) is 3.41. The Bertz CT molecular complexity index is 533. The summed E-state index contributed by atoms with van der Waals surface area (Å²) in [6.07, 6.45) is 2.10. The molecule has 1 unspecified atom stereocenters. The summed E-state index contributed by atoms with van der Waals surface area (Å²) in [6, 6.07) is 4.39. The van der Waals surface area contributed by atoms with E-state index in [4.69, 9.17) is 5.11 Å². The predicted molar refractivity (Wildman–Crippen MR) is 80.1 cm³/mol. The molecule has 2 amide bonds. The number of amides is 2. The van der Waals surface area contributed by atoms with E-state index < -0.39 is 5.97 Å². The zero-order valence-corrected chi connectivity index (χ0v) is 12.8. The number of anilines is 1. The Labute approximate surface area is 126 Å². The lowest BCUT2D eigenvalue weighted by Crippen LogP contribution is -2.33. The van der Waals surface area contributed by atoms with Gasteiger partial charge >= 0.3 is 12.0 Å². The molecule has 2 N–H and O–H groups in total. The van der Waals surface area contributed by atoms with Crippen molar-refractivity contribution < 1.29 is 14.7 Å². The van der Waals surface area contributed by atoms with E-state index in [1.807, 2.05) is 0 Å². The molecule has 0 bridgehead atoms. The van der Waals surface area contributed by atoms with Gasteiger partial charge in [-0.15, -0.1) is 0 Å². The van der Waals surface area contributed by atoms with Crippen LogP contribution in [-0.2, 0) is 0 Å². The van der Waals surface area contributed by atoms with Crippen LogP contribution >= 0.6 is 15.9 Å². The van der Waals surface area contributed by atoms with Crippen LogP contribution in [0.15, 0.2) is 22.7 Å². The minimum Gasteiger partial charge on any atom is -0.478 e. The molecule has 0 spiro atoms. The fraction of sp³-hybridized carbons (Fsp3) is 0.429. The Kier molecular flexibility index (Phi) is 4.65. The number of benzene rings is 1. The van der Waals surface area contributed by atoms with Crippen molar-refractivity contribution in [3.8, 4) is 0 Å². The molecule has 1 aliphatic rings. The number of nitrogens with one attached hydrogen (secondary N) is 1. The lowest BCUT2D eigenvalue weighted by Gasteiger charge is -2.18. The van der Waals surface area contributed by atoms with Crippen LogP contribution in [0.3, 0.4) is 0 Å². The molecule has 1 aromatic carbocycles. The summed E-state index contributed by atoms with van der Waals surface area (Å²) >= 11 is 3.32. The molecule has 5 nitrogen and oxygen atoms in total. The van der Waals surface area contributed by atoms with E-state index in [1.165, 1.54) is 12.1 Å². The first-order valence-corrected chi connectivity index (χ1v) is 7.39. The van der Waals surface area contributed by atoms with Gasteiger partial charge in [0.25, 0.3) is 0 Å². The first kappa shape index (κ1) is 14.8. The number of urea groups is 1. The van der Waals surface area contributed by atoms with E-state index in [2.05, 4.69) is 28.2 Å². The number of carboxylic acids is 1. The van der Waals surface area contributed by atoms with Crippen molar-refractivity contribution in [3.63, 3.8) is 0 Å². The number of hydrogen-bond donors (Lipinski definition) is 2. The van der Waals surface area contributed by atoms with Crippen molar-refractivity contribution in [1.82, 2.24) is 4.90 Å². The Morgan fingerprint density at radius 1 is 1.50 bits per heavy atom. The van der Waals surface area contributed by atoms with Gasteiger partial charge in [-0.3, -0.25) is 0 Å². The molecule has 6 heteroatoms. The van der Waals surface area contributed by atoms with Crippen molar-refractivity contribution in [2.45, 2.75) is 19.8 Å². The Morgan fingerprint density at radius 2 is 2.25 bits per heavy atom. The number of hydrogen-bond acceptors (Lipinski definition) is 2. The fourth-order valence-corrected chi connectivity index (χ4v) is 2.64. The van der Waals surface area contributed by atoms with Crippen LogP contribution in [0.2, 0.25) is 0 Å². The summed E-state index contributed by atoms with van der Waals surface area (Å²) in [6.45, 7) is 3.64. The van der Waals surface area contributed by atoms with E-state index >= 15 is 0 Å². The maximum absolute atomic E-state index is 12.2. The van der Waals surface area contributed by atoms with E-state index in [9.17, 15) is 9.59 Å². The summed E-state index contributed by atoms with van der Waals surface area (Å²) in [5.74, 6) is -0.449. The number of halogens is 1. The molecular formula is C14H17BrN2O3. The van der Waals surface area contributed by atoms with Crippen LogP contribution in [0.5, 0.6) is 0 Å². The Hall–Kier alpha value is -1.56. The molecule has 1 saturated heterocycles. The van der Waals surface area contributed by atoms with E-state index in [0.29, 0.717) is 16.1 Å². The number of carbonyl (C=O) groups is 2. The normalized spacial score (nSPS) is 18.1. The molecule has 1 fully saturated rings. The highest BCUT2D eigenvalue weighted by atomic mass is 79.9. The first-order chi connectivity index (χ1) is 9.51. The third-order valence-electron chi connectivity index (χ3n) is 3.61. The second-order valence-electron chi connectivity index (χ2n) is 4.94. The minimum atomic E-state index is -1.01. The van der Waals surface area contributed by atoms with Crippen molar-refractivity contribution >= 4 is 33.6 Å². The van der Waals surface area contributed by atoms with Gasteiger partial charge in [0.2, 0.25) is 0 Å². The van der Waals surface area contributed by atoms with Crippen molar-refractivity contribution in [3.05, 3.63) is 28.2 Å². The molecule has 2 rings (SSSR count). The molecule has 1 heterocycles. The lowest BCUT2D eigenvalue weighted by molar-refractivity contribution is 0.0697. The summed E-state index contributed by atoms with van der Waals surface area (Å²) in [5, 5.41) is 11.7. The van der Waals surface area contributed by atoms with Gasteiger partial charge in [0.1, 0.15) is 0 Å². The standard InChI is InChI=1S/C14H17BrN2O3/c1-2-9-5-6-17(8-9)14(20)16-12-7-10(13(18)19)3-4-11(12)15/h3-4,7,9H,2,5-6,8H2,1H3,(H,16,20)(H,18,19). The number of carboxylic acid groups (broad SMARTS) is 1. The van der Waals surface area contributed by atoms with E-state index in [0.717, 1.165) is 25.9 Å². The molecule has 0 saturated carbocycles. The van der Waals surface area contributed by atoms with Gasteiger partial charge < -0.3 is 15.3 Å². The van der Waals surface area contributed by atoms with Gasteiger partial charge in [-0.2, -0.15) is 0 Å². The molecule has 1 aliphatic heterocycles. The van der Waals surface area contributed by atoms with E-state index in [1.54, 1.807) is 11.0 Å². The number of aromatic carboxylic acids is 1. The number of rotatable bonds is 3. The highest BCUT2D eigenvalue weighted by Gasteiger charge is 2.25. The zero-order chi connectivity index (χ0) is 14.7. The first-order valence-electron chi connectivity index (χ1n) is 6.60. The third-order valence-corrected chi connectivity index (χ3v) is 4.30. The summed E-state index contributed by atoms with van der Waals surface area (Å²) < 4.78 is 0.669. The lowest BCUT2D eigenvalue weighted by atomic mass is 10.1. The summed E-state index contributed by atoms with van der Waals surface area (Å²) in [7, 11) is 0. The van der Waals surface area contributed by atoms with Gasteiger partial charge in [-0.25, -0.2) is 9.59 Å². The Morgan fingerprint density at radius 3 is 2.85 bits per heavy atom. The molecule has 1 atom stereocenters. The number of nitrogens with zero attached hydrogens (tertiary/aromatic N) is 1. The van der Waals surface area contributed by atoms with Crippen LogP contribution in [0.1, 0.15) is 30.1 Å². The quantitative estimate of drug-likeness (QED) is 0.885. The second-order valence-corrected chi connectivity index (χ2v) is 5.79. The molecule has 1 aromatic rings. The monoisotopic (exact) mass is 340 g/mol. The molecule has 108 valence electrons. The summed E-state index contributed by atoms with van der Waals surface area (Å²) in [4.78, 5) is 24.9. The average Bonchev–Trinajstić information content (AvgIpc) is 2.89. The molecular weight excluding hydrogens is 324 g/mol. The Balaban J connectivity index is 2.08. The maximum Gasteiger partial charge on any atom is 0.335 e. The number of carbonyl (C=O) groups excluding carboxylic acids is 1. The second kappa shape index (κ2) is 6.26. The highest BCUT2D eigenvalue weighted by Crippen LogP contribution is 2.25. The van der Waals surface area contributed by atoms with Gasteiger partial charge in [0.15, 0.2) is 0 Å². The molecule has 0 aliphatic carbocycles. The third kappa shape index (κ3) is 3.30. The van der Waals surface area contributed by atoms with E-state index in [-0.39, 0.29) is 11.6 Å². The van der Waals surface area contributed by atoms with Crippen molar-refractivity contribution in [2.75, 3.05) is 18.4 Å². The maximum atomic E-state index is 12.2. The smallest absolute Gasteiger partial charge is 0.335 e. The molecule has 0 radical (unpaired) electrons. The van der Waals surface area contributed by atoms with Gasteiger partial charge in [0.05, 0.1) is 11.3 Å². The van der Waals surface area contributed by atoms with Crippen LogP contribution in [0, 0.1) is 5.92 Å². The van der Waals surface area contributed by atoms with Crippen LogP contribution in [0.25, 0.3) is 0 Å². The zero-order valence-electron chi connectivity index (χ0n) is 11.2. The van der Waals surface area contributed by atoms with Crippen LogP contribution < -0.4 is 5.32 Å². The van der Waals surface area contributed by atoms with Crippen LogP contribution in [0.4, 0.5) is 10.5 Å². The van der Waals surface area contributed by atoms with Gasteiger partial charge in [-0.05, 0) is 46.5 Å². The van der Waals surface area contributed by atoms with Gasteiger partial charge in [-0.1, -0.05) is 13.3 Å². The SMILES string of the molecule is CCC1CCN(C(=O)Nc2cc(C(=O)O)ccc2Br)C1. The summed E-state index contributed by atoms with van der Waals surface area (Å²) in [5.41, 5.74) is 0.631. The van der Waals surface area contributed by atoms with Crippen LogP contribution in [-0.4, -0.2) is 35.1 Å². The largest absolute Gasteiger partial charge is 0.478 e.